The second-order valence-electron chi connectivity index (χ2n) is 7.63. The normalized spacial score (nSPS) is 11.7. The Morgan fingerprint density at radius 3 is 2.46 bits per heavy atom. The minimum absolute atomic E-state index is 0.0952. The van der Waals surface area contributed by atoms with Crippen LogP contribution >= 0.6 is 0 Å². The Bertz CT molecular complexity index is 989. The zero-order valence-electron chi connectivity index (χ0n) is 17.6. The van der Waals surface area contributed by atoms with E-state index in [4.69, 9.17) is 4.74 Å². The zero-order valence-corrected chi connectivity index (χ0v) is 17.6. The van der Waals surface area contributed by atoms with Crippen molar-refractivity contribution < 1.29 is 9.53 Å². The van der Waals surface area contributed by atoms with Gasteiger partial charge in [-0.1, -0.05) is 27.7 Å². The fourth-order valence-electron chi connectivity index (χ4n) is 3.29. The third kappa shape index (κ3) is 3.41. The molecule has 0 aliphatic carbocycles. The first kappa shape index (κ1) is 20.0. The monoisotopic (exact) mass is 383 g/mol. The van der Waals surface area contributed by atoms with Crippen molar-refractivity contribution in [1.29, 1.82) is 0 Å². The van der Waals surface area contributed by atoms with E-state index < -0.39 is 0 Å². The Morgan fingerprint density at radius 2 is 1.86 bits per heavy atom. The number of rotatable bonds is 7. The van der Waals surface area contributed by atoms with E-state index in [0.717, 1.165) is 11.2 Å². The molecule has 3 aromatic rings. The van der Waals surface area contributed by atoms with Crippen molar-refractivity contribution in [3.63, 3.8) is 0 Å². The van der Waals surface area contributed by atoms with Crippen LogP contribution in [0.15, 0.2) is 18.3 Å². The molecule has 28 heavy (non-hydrogen) atoms. The van der Waals surface area contributed by atoms with Crippen LogP contribution in [-0.2, 0) is 0 Å². The molecule has 1 amide bonds. The van der Waals surface area contributed by atoms with E-state index in [1.54, 1.807) is 11.1 Å². The Morgan fingerprint density at radius 1 is 1.14 bits per heavy atom. The molecule has 3 aromatic heterocycles. The van der Waals surface area contributed by atoms with Crippen LogP contribution in [0, 0.1) is 5.92 Å². The molecule has 7 heteroatoms. The summed E-state index contributed by atoms with van der Waals surface area (Å²) in [6.07, 6.45) is 1.74. The molecular weight excluding hydrogens is 354 g/mol. The molecular formula is C21H29N5O2. The lowest BCUT2D eigenvalue weighted by Crippen LogP contribution is -2.31. The Balaban J connectivity index is 2.41. The molecule has 0 saturated heterocycles. The van der Waals surface area contributed by atoms with Crippen LogP contribution in [0.25, 0.3) is 16.7 Å². The number of pyridine rings is 2. The van der Waals surface area contributed by atoms with Crippen LogP contribution in [0.5, 0.6) is 5.75 Å². The fraction of sp³-hybridized carbons (Fsp3) is 0.524. The lowest BCUT2D eigenvalue weighted by molar-refractivity contribution is 0.0769. The summed E-state index contributed by atoms with van der Waals surface area (Å²) < 4.78 is 8.08. The van der Waals surface area contributed by atoms with Gasteiger partial charge in [-0.3, -0.25) is 9.20 Å². The highest BCUT2D eigenvalue weighted by atomic mass is 16.5. The Kier molecular flexibility index (Phi) is 5.82. The summed E-state index contributed by atoms with van der Waals surface area (Å²) in [5.41, 5.74) is 1.68. The third-order valence-corrected chi connectivity index (χ3v) is 4.72. The van der Waals surface area contributed by atoms with Gasteiger partial charge >= 0.3 is 0 Å². The Hall–Kier alpha value is -2.70. The van der Waals surface area contributed by atoms with Gasteiger partial charge in [0.15, 0.2) is 11.3 Å². The highest BCUT2D eigenvalue weighted by Crippen LogP contribution is 2.34. The summed E-state index contributed by atoms with van der Waals surface area (Å²) in [5.74, 6) is 1.69. The predicted octanol–water partition coefficient (Wildman–Crippen LogP) is 3.92. The average molecular weight is 383 g/mol. The second kappa shape index (κ2) is 8.12. The highest BCUT2D eigenvalue weighted by molar-refractivity contribution is 6.07. The summed E-state index contributed by atoms with van der Waals surface area (Å²) in [6, 6.07) is 3.81. The molecule has 3 rings (SSSR count). The lowest BCUT2D eigenvalue weighted by atomic mass is 10.1. The van der Waals surface area contributed by atoms with E-state index in [0.29, 0.717) is 48.2 Å². The van der Waals surface area contributed by atoms with Gasteiger partial charge in [0.25, 0.3) is 5.91 Å². The van der Waals surface area contributed by atoms with E-state index >= 15 is 0 Å². The van der Waals surface area contributed by atoms with Gasteiger partial charge in [-0.15, -0.1) is 10.2 Å². The lowest BCUT2D eigenvalue weighted by Gasteiger charge is -2.22. The fourth-order valence-corrected chi connectivity index (χ4v) is 3.29. The molecule has 0 bridgehead atoms. The maximum atomic E-state index is 13.5. The molecule has 0 saturated carbocycles. The molecule has 0 aliphatic heterocycles. The number of carbonyl (C=O) groups is 1. The second-order valence-corrected chi connectivity index (χ2v) is 7.63. The van der Waals surface area contributed by atoms with Crippen LogP contribution in [0.1, 0.15) is 63.6 Å². The van der Waals surface area contributed by atoms with Gasteiger partial charge in [-0.2, -0.15) is 0 Å². The molecule has 3 heterocycles. The van der Waals surface area contributed by atoms with Crippen molar-refractivity contribution in [2.45, 2.75) is 47.5 Å². The molecule has 0 unspecified atom stereocenters. The average Bonchev–Trinajstić information content (AvgIpc) is 3.11. The minimum atomic E-state index is -0.0952. The van der Waals surface area contributed by atoms with E-state index in [1.807, 2.05) is 30.4 Å². The van der Waals surface area contributed by atoms with Gasteiger partial charge in [0.05, 0.1) is 12.0 Å². The molecule has 0 atom stereocenters. The zero-order chi connectivity index (χ0) is 20.4. The number of aromatic nitrogens is 4. The first-order valence-electron chi connectivity index (χ1n) is 9.98. The van der Waals surface area contributed by atoms with Crippen LogP contribution < -0.4 is 4.74 Å². The summed E-state index contributed by atoms with van der Waals surface area (Å²) in [4.78, 5) is 19.8. The standard InChI is InChI=1S/C21H29N5O2/c1-7-25(8-2)21(27)16-17(28-12-13(3)4)15-10-9-11-22-19(15)26-18(14(5)6)23-24-20(16)26/h9-11,13-14H,7-8,12H2,1-6H3. The molecule has 7 nitrogen and oxygen atoms in total. The van der Waals surface area contributed by atoms with Gasteiger partial charge < -0.3 is 9.64 Å². The number of ether oxygens (including phenoxy) is 1. The first-order valence-corrected chi connectivity index (χ1v) is 9.98. The SMILES string of the molecule is CCN(CC)C(=O)c1c(OCC(C)C)c2cccnc2n2c(C(C)C)nnc12. The van der Waals surface area contributed by atoms with E-state index in [-0.39, 0.29) is 11.8 Å². The van der Waals surface area contributed by atoms with Gasteiger partial charge in [-0.25, -0.2) is 4.98 Å². The van der Waals surface area contributed by atoms with Gasteiger partial charge in [0.2, 0.25) is 0 Å². The molecule has 150 valence electrons. The minimum Gasteiger partial charge on any atom is -0.492 e. The van der Waals surface area contributed by atoms with Crippen LogP contribution in [0.2, 0.25) is 0 Å². The summed E-state index contributed by atoms with van der Waals surface area (Å²) in [6.45, 7) is 13.9. The molecule has 0 spiro atoms. The number of nitrogens with zero attached hydrogens (tertiary/aromatic N) is 5. The van der Waals surface area contributed by atoms with Crippen LogP contribution in [0.3, 0.4) is 0 Å². The number of fused-ring (bicyclic) bond motifs is 3. The quantitative estimate of drug-likeness (QED) is 0.618. The van der Waals surface area contributed by atoms with E-state index in [9.17, 15) is 4.79 Å². The van der Waals surface area contributed by atoms with Crippen molar-refractivity contribution in [1.82, 2.24) is 24.5 Å². The summed E-state index contributed by atoms with van der Waals surface area (Å²) >= 11 is 0. The third-order valence-electron chi connectivity index (χ3n) is 4.72. The van der Waals surface area contributed by atoms with Gasteiger partial charge in [0.1, 0.15) is 17.1 Å². The maximum Gasteiger partial charge on any atom is 0.261 e. The largest absolute Gasteiger partial charge is 0.492 e. The van der Waals surface area contributed by atoms with E-state index in [2.05, 4.69) is 42.9 Å². The molecule has 0 aliphatic rings. The highest BCUT2D eigenvalue weighted by Gasteiger charge is 2.28. The Labute approximate surface area is 165 Å². The molecule has 0 aromatic carbocycles. The molecule has 0 N–H and O–H groups in total. The molecule has 0 radical (unpaired) electrons. The van der Waals surface area contributed by atoms with Crippen molar-refractivity contribution in [3.8, 4) is 5.75 Å². The van der Waals surface area contributed by atoms with E-state index in [1.165, 1.54) is 0 Å². The summed E-state index contributed by atoms with van der Waals surface area (Å²) in [7, 11) is 0. The molecule has 0 fully saturated rings. The van der Waals surface area contributed by atoms with Gasteiger partial charge in [0, 0.05) is 25.2 Å². The van der Waals surface area contributed by atoms with Crippen LogP contribution in [-0.4, -0.2) is 50.1 Å². The van der Waals surface area contributed by atoms with Crippen molar-refractivity contribution in [3.05, 3.63) is 29.7 Å². The first-order chi connectivity index (χ1) is 13.4. The van der Waals surface area contributed by atoms with Gasteiger partial charge in [-0.05, 0) is 31.9 Å². The van der Waals surface area contributed by atoms with Crippen LogP contribution in [0.4, 0.5) is 0 Å². The van der Waals surface area contributed by atoms with Crippen molar-refractivity contribution >= 4 is 22.6 Å². The number of hydrogen-bond donors (Lipinski definition) is 0. The predicted molar refractivity (Wildman–Crippen MR) is 110 cm³/mol. The van der Waals surface area contributed by atoms with Crippen molar-refractivity contribution in [2.75, 3.05) is 19.7 Å². The smallest absolute Gasteiger partial charge is 0.261 e. The topological polar surface area (TPSA) is 72.6 Å². The number of carbonyl (C=O) groups excluding carboxylic acids is 1. The van der Waals surface area contributed by atoms with Crippen molar-refractivity contribution in [2.24, 2.45) is 5.92 Å². The number of amides is 1. The maximum absolute atomic E-state index is 13.5. The summed E-state index contributed by atoms with van der Waals surface area (Å²) in [5, 5.41) is 9.58. The number of hydrogen-bond acceptors (Lipinski definition) is 5.